The van der Waals surface area contributed by atoms with E-state index in [0.717, 1.165) is 23.7 Å². The van der Waals surface area contributed by atoms with Gasteiger partial charge in [0.15, 0.2) is 5.96 Å². The van der Waals surface area contributed by atoms with Crippen molar-refractivity contribution >= 4 is 5.96 Å². The molecule has 0 fully saturated rings. The van der Waals surface area contributed by atoms with Gasteiger partial charge in [-0.1, -0.05) is 17.9 Å². The molecule has 4 nitrogen and oxygen atoms in total. The van der Waals surface area contributed by atoms with Crippen LogP contribution in [0.2, 0.25) is 0 Å². The number of benzene rings is 1. The summed E-state index contributed by atoms with van der Waals surface area (Å²) in [7, 11) is 1.62. The second kappa shape index (κ2) is 8.48. The zero-order valence-corrected chi connectivity index (χ0v) is 14.7. The number of halogens is 3. The SMILES string of the molecule is CN=C(NCC#Cc1cccc(C(F)(F)F)c1)NC(C)c1ccc(C)o1. The summed E-state index contributed by atoms with van der Waals surface area (Å²) in [6.45, 7) is 4.03. The third-order valence-corrected chi connectivity index (χ3v) is 3.53. The lowest BCUT2D eigenvalue weighted by atomic mass is 10.1. The number of hydrogen-bond acceptors (Lipinski definition) is 2. The fourth-order valence-electron chi connectivity index (χ4n) is 2.20. The maximum Gasteiger partial charge on any atom is 0.416 e. The Hall–Kier alpha value is -2.88. The van der Waals surface area contributed by atoms with Crippen molar-refractivity contribution in [2.75, 3.05) is 13.6 Å². The Kier molecular flexibility index (Phi) is 6.34. The van der Waals surface area contributed by atoms with Gasteiger partial charge in [0.25, 0.3) is 0 Å². The van der Waals surface area contributed by atoms with Gasteiger partial charge >= 0.3 is 6.18 Å². The Morgan fingerprint density at radius 2 is 2.04 bits per heavy atom. The van der Waals surface area contributed by atoms with E-state index >= 15 is 0 Å². The molecule has 7 heteroatoms. The number of nitrogens with zero attached hydrogens (tertiary/aromatic N) is 1. The average Bonchev–Trinajstić information content (AvgIpc) is 3.03. The van der Waals surface area contributed by atoms with Crippen LogP contribution in [0, 0.1) is 18.8 Å². The van der Waals surface area contributed by atoms with E-state index in [-0.39, 0.29) is 12.6 Å². The van der Waals surface area contributed by atoms with Crippen LogP contribution in [0.4, 0.5) is 13.2 Å². The topological polar surface area (TPSA) is 49.6 Å². The van der Waals surface area contributed by atoms with Crippen LogP contribution in [-0.4, -0.2) is 19.6 Å². The Morgan fingerprint density at radius 1 is 1.27 bits per heavy atom. The number of aryl methyl sites for hydroxylation is 1. The Bertz CT molecular complexity index is 828. The van der Waals surface area contributed by atoms with Gasteiger partial charge in [0, 0.05) is 12.6 Å². The molecule has 1 heterocycles. The van der Waals surface area contributed by atoms with Crippen molar-refractivity contribution in [1.29, 1.82) is 0 Å². The Balaban J connectivity index is 1.91. The number of hydrogen-bond donors (Lipinski definition) is 2. The normalized spacial score (nSPS) is 12.9. The minimum absolute atomic E-state index is 0.0914. The number of alkyl halides is 3. The van der Waals surface area contributed by atoms with E-state index < -0.39 is 11.7 Å². The highest BCUT2D eigenvalue weighted by Crippen LogP contribution is 2.29. The molecule has 1 atom stereocenters. The van der Waals surface area contributed by atoms with Crippen LogP contribution < -0.4 is 10.6 Å². The summed E-state index contributed by atoms with van der Waals surface area (Å²) < 4.78 is 43.6. The van der Waals surface area contributed by atoms with Crippen LogP contribution in [-0.2, 0) is 6.18 Å². The second-order valence-corrected chi connectivity index (χ2v) is 5.62. The van der Waals surface area contributed by atoms with Crippen molar-refractivity contribution in [1.82, 2.24) is 10.6 Å². The van der Waals surface area contributed by atoms with Crippen molar-refractivity contribution in [2.45, 2.75) is 26.1 Å². The molecule has 0 aliphatic rings. The molecule has 0 radical (unpaired) electrons. The van der Waals surface area contributed by atoms with Gasteiger partial charge in [0.1, 0.15) is 11.5 Å². The predicted octanol–water partition coefficient (Wildman–Crippen LogP) is 3.88. The lowest BCUT2D eigenvalue weighted by Gasteiger charge is -2.15. The summed E-state index contributed by atoms with van der Waals surface area (Å²) in [6.07, 6.45) is -4.37. The fourth-order valence-corrected chi connectivity index (χ4v) is 2.20. The number of guanidine groups is 1. The maximum absolute atomic E-state index is 12.7. The minimum atomic E-state index is -4.37. The summed E-state index contributed by atoms with van der Waals surface area (Å²) >= 11 is 0. The summed E-state index contributed by atoms with van der Waals surface area (Å²) in [5.74, 6) is 7.62. The van der Waals surface area contributed by atoms with Crippen LogP contribution in [0.5, 0.6) is 0 Å². The lowest BCUT2D eigenvalue weighted by molar-refractivity contribution is -0.137. The third-order valence-electron chi connectivity index (χ3n) is 3.53. The molecular weight excluding hydrogens is 343 g/mol. The summed E-state index contributed by atoms with van der Waals surface area (Å²) in [5.41, 5.74) is -0.402. The highest BCUT2D eigenvalue weighted by Gasteiger charge is 2.30. The van der Waals surface area contributed by atoms with Gasteiger partial charge in [0.2, 0.25) is 0 Å². The molecule has 2 N–H and O–H groups in total. The van der Waals surface area contributed by atoms with Gasteiger partial charge in [-0.3, -0.25) is 4.99 Å². The van der Waals surface area contributed by atoms with Crippen molar-refractivity contribution in [3.63, 3.8) is 0 Å². The molecule has 0 amide bonds. The Labute approximate surface area is 150 Å². The summed E-state index contributed by atoms with van der Waals surface area (Å²) in [5, 5.41) is 6.15. The van der Waals surface area contributed by atoms with Gasteiger partial charge in [-0.2, -0.15) is 13.2 Å². The first-order chi connectivity index (χ1) is 12.3. The molecule has 0 spiro atoms. The highest BCUT2D eigenvalue weighted by atomic mass is 19.4. The molecule has 1 aromatic carbocycles. The standard InChI is InChI=1S/C19H20F3N3O/c1-13-9-10-17(26-13)14(2)25-18(23-3)24-11-5-7-15-6-4-8-16(12-15)19(20,21)22/h4,6,8-10,12,14H,11H2,1-3H3,(H2,23,24,25). The van der Waals surface area contributed by atoms with Gasteiger partial charge in [-0.25, -0.2) is 0 Å². The first kappa shape index (κ1) is 19.4. The van der Waals surface area contributed by atoms with Gasteiger partial charge in [-0.15, -0.1) is 0 Å². The van der Waals surface area contributed by atoms with E-state index in [1.165, 1.54) is 12.1 Å². The van der Waals surface area contributed by atoms with E-state index in [0.29, 0.717) is 11.5 Å². The molecule has 138 valence electrons. The average molecular weight is 363 g/mol. The van der Waals surface area contributed by atoms with E-state index in [1.807, 2.05) is 26.0 Å². The van der Waals surface area contributed by atoms with Crippen molar-refractivity contribution in [3.8, 4) is 11.8 Å². The number of rotatable bonds is 3. The largest absolute Gasteiger partial charge is 0.464 e. The van der Waals surface area contributed by atoms with Crippen LogP contribution in [0.1, 0.15) is 35.6 Å². The van der Waals surface area contributed by atoms with Crippen molar-refractivity contribution in [3.05, 3.63) is 59.0 Å². The smallest absolute Gasteiger partial charge is 0.416 e. The first-order valence-electron chi connectivity index (χ1n) is 7.99. The van der Waals surface area contributed by atoms with E-state index in [1.54, 1.807) is 7.05 Å². The molecule has 2 aromatic rings. The minimum Gasteiger partial charge on any atom is -0.464 e. The molecule has 0 aliphatic heterocycles. The van der Waals surface area contributed by atoms with Gasteiger partial charge in [0.05, 0.1) is 18.2 Å². The molecular formula is C19H20F3N3O. The van der Waals surface area contributed by atoms with Crippen LogP contribution in [0.3, 0.4) is 0 Å². The quantitative estimate of drug-likeness (QED) is 0.494. The number of furan rings is 1. The summed E-state index contributed by atoms with van der Waals surface area (Å²) in [6, 6.07) is 8.60. The zero-order valence-electron chi connectivity index (χ0n) is 14.7. The summed E-state index contributed by atoms with van der Waals surface area (Å²) in [4.78, 5) is 4.09. The second-order valence-electron chi connectivity index (χ2n) is 5.62. The Morgan fingerprint density at radius 3 is 2.65 bits per heavy atom. The van der Waals surface area contributed by atoms with E-state index in [4.69, 9.17) is 4.42 Å². The van der Waals surface area contributed by atoms with Crippen LogP contribution >= 0.6 is 0 Å². The van der Waals surface area contributed by atoms with Crippen LogP contribution in [0.25, 0.3) is 0 Å². The maximum atomic E-state index is 12.7. The molecule has 1 aromatic heterocycles. The zero-order chi connectivity index (χ0) is 19.2. The monoisotopic (exact) mass is 363 g/mol. The predicted molar refractivity (Wildman–Crippen MR) is 94.7 cm³/mol. The first-order valence-corrected chi connectivity index (χ1v) is 7.99. The highest BCUT2D eigenvalue weighted by molar-refractivity contribution is 5.80. The molecule has 0 saturated carbocycles. The fraction of sp³-hybridized carbons (Fsp3) is 0.316. The van der Waals surface area contributed by atoms with Gasteiger partial charge in [-0.05, 0) is 44.2 Å². The molecule has 0 bridgehead atoms. The van der Waals surface area contributed by atoms with Crippen molar-refractivity contribution < 1.29 is 17.6 Å². The van der Waals surface area contributed by atoms with Crippen molar-refractivity contribution in [2.24, 2.45) is 4.99 Å². The third kappa shape index (κ3) is 5.59. The number of aliphatic imine (C=N–C) groups is 1. The van der Waals surface area contributed by atoms with Crippen LogP contribution in [0.15, 0.2) is 45.8 Å². The molecule has 2 rings (SSSR count). The van der Waals surface area contributed by atoms with Gasteiger partial charge < -0.3 is 15.1 Å². The van der Waals surface area contributed by atoms with E-state index in [2.05, 4.69) is 27.5 Å². The van der Waals surface area contributed by atoms with E-state index in [9.17, 15) is 13.2 Å². The molecule has 0 aliphatic carbocycles. The lowest BCUT2D eigenvalue weighted by Crippen LogP contribution is -2.38. The molecule has 26 heavy (non-hydrogen) atoms. The molecule has 1 unspecified atom stereocenters. The molecule has 0 saturated heterocycles. The number of nitrogens with one attached hydrogen (secondary N) is 2.